The predicted molar refractivity (Wildman–Crippen MR) is 59.9 cm³/mol. The molecule has 0 fully saturated rings. The minimum Gasteiger partial charge on any atom is -0.545 e. The van der Waals surface area contributed by atoms with Crippen molar-refractivity contribution in [2.45, 2.75) is 6.92 Å². The molecule has 0 N–H and O–H groups in total. The molecule has 1 aromatic carbocycles. The molecule has 0 unspecified atom stereocenters. The number of benzene rings is 1. The van der Waals surface area contributed by atoms with Crippen LogP contribution in [0.4, 0.5) is 5.69 Å². The maximum atomic E-state index is 10.8. The van der Waals surface area contributed by atoms with Crippen LogP contribution in [0.25, 0.3) is 11.3 Å². The first-order valence-corrected chi connectivity index (χ1v) is 5.05. The minimum absolute atomic E-state index is 0.0588. The number of non-ortho nitro benzene ring substituents is 1. The van der Waals surface area contributed by atoms with Crippen LogP contribution in [0, 0.1) is 17.0 Å². The molecule has 0 spiro atoms. The number of nitro groups is 1. The van der Waals surface area contributed by atoms with Gasteiger partial charge in [-0.15, -0.1) is 0 Å². The van der Waals surface area contributed by atoms with Gasteiger partial charge in [0, 0.05) is 23.3 Å². The Morgan fingerprint density at radius 1 is 1.33 bits per heavy atom. The number of furan rings is 1. The summed E-state index contributed by atoms with van der Waals surface area (Å²) in [6.45, 7) is 1.49. The van der Waals surface area contributed by atoms with E-state index in [1.54, 1.807) is 6.07 Å². The minimum atomic E-state index is -1.34. The van der Waals surface area contributed by atoms with Crippen LogP contribution in [0.1, 0.15) is 16.1 Å². The van der Waals surface area contributed by atoms with E-state index in [1.807, 2.05) is 0 Å². The summed E-state index contributed by atoms with van der Waals surface area (Å²) in [7, 11) is 0. The number of carboxylic acids is 1. The molecule has 0 aliphatic heterocycles. The Labute approximate surface area is 102 Å². The van der Waals surface area contributed by atoms with Crippen molar-refractivity contribution in [3.05, 3.63) is 51.8 Å². The average molecular weight is 246 g/mol. The third kappa shape index (κ3) is 2.08. The molecular weight excluding hydrogens is 238 g/mol. The molecule has 1 aromatic heterocycles. The molecule has 0 saturated carbocycles. The Hall–Kier alpha value is -2.63. The van der Waals surface area contributed by atoms with Gasteiger partial charge < -0.3 is 14.3 Å². The monoisotopic (exact) mass is 246 g/mol. The summed E-state index contributed by atoms with van der Waals surface area (Å²) >= 11 is 0. The first kappa shape index (κ1) is 11.8. The number of hydrogen-bond acceptors (Lipinski definition) is 5. The van der Waals surface area contributed by atoms with Gasteiger partial charge in [0.15, 0.2) is 0 Å². The zero-order valence-electron chi connectivity index (χ0n) is 9.38. The smallest absolute Gasteiger partial charge is 0.270 e. The predicted octanol–water partition coefficient (Wildman–Crippen LogP) is 1.53. The second-order valence-electron chi connectivity index (χ2n) is 3.68. The van der Waals surface area contributed by atoms with E-state index in [0.717, 1.165) is 0 Å². The van der Waals surface area contributed by atoms with E-state index in [1.165, 1.54) is 31.2 Å². The molecule has 92 valence electrons. The average Bonchev–Trinajstić information content (AvgIpc) is 2.71. The Bertz CT molecular complexity index is 629. The lowest BCUT2D eigenvalue weighted by Crippen LogP contribution is -2.22. The number of carboxylic acid groups (broad SMARTS) is 1. The first-order valence-electron chi connectivity index (χ1n) is 5.05. The zero-order chi connectivity index (χ0) is 13.3. The van der Waals surface area contributed by atoms with E-state index in [4.69, 9.17) is 4.42 Å². The van der Waals surface area contributed by atoms with Gasteiger partial charge in [0.2, 0.25) is 0 Å². The SMILES string of the molecule is Cc1oc(-c2cccc([N+](=O)[O-])c2)cc1C(=O)[O-]. The van der Waals surface area contributed by atoms with Gasteiger partial charge in [-0.25, -0.2) is 0 Å². The molecule has 2 rings (SSSR count). The fourth-order valence-electron chi connectivity index (χ4n) is 1.60. The molecule has 0 saturated heterocycles. The van der Waals surface area contributed by atoms with Gasteiger partial charge in [-0.1, -0.05) is 12.1 Å². The van der Waals surface area contributed by atoms with E-state index in [2.05, 4.69) is 0 Å². The van der Waals surface area contributed by atoms with E-state index in [9.17, 15) is 20.0 Å². The second kappa shape index (κ2) is 4.33. The maximum Gasteiger partial charge on any atom is 0.270 e. The van der Waals surface area contributed by atoms with Crippen molar-refractivity contribution in [2.75, 3.05) is 0 Å². The Morgan fingerprint density at radius 3 is 2.61 bits per heavy atom. The Morgan fingerprint density at radius 2 is 2.06 bits per heavy atom. The van der Waals surface area contributed by atoms with Gasteiger partial charge in [-0.05, 0) is 13.0 Å². The number of nitrogens with zero attached hydrogens (tertiary/aromatic N) is 1. The molecule has 0 radical (unpaired) electrons. The van der Waals surface area contributed by atoms with Gasteiger partial charge in [-0.3, -0.25) is 10.1 Å². The molecule has 0 aliphatic carbocycles. The van der Waals surface area contributed by atoms with Crippen LogP contribution in [-0.2, 0) is 0 Å². The van der Waals surface area contributed by atoms with Gasteiger partial charge in [-0.2, -0.15) is 0 Å². The summed E-state index contributed by atoms with van der Waals surface area (Å²) in [4.78, 5) is 20.9. The standard InChI is InChI=1S/C12H9NO5/c1-7-10(12(14)15)6-11(18-7)8-3-2-4-9(5-8)13(16)17/h2-6H,1H3,(H,14,15)/p-1. The summed E-state index contributed by atoms with van der Waals surface area (Å²) in [5.41, 5.74) is 0.299. The fraction of sp³-hybridized carbons (Fsp3) is 0.0833. The van der Waals surface area contributed by atoms with Crippen molar-refractivity contribution < 1.29 is 19.2 Å². The summed E-state index contributed by atoms with van der Waals surface area (Å²) < 4.78 is 5.25. The lowest BCUT2D eigenvalue weighted by molar-refractivity contribution is -0.384. The third-order valence-corrected chi connectivity index (χ3v) is 2.48. The van der Waals surface area contributed by atoms with Crippen molar-refractivity contribution in [1.29, 1.82) is 0 Å². The van der Waals surface area contributed by atoms with Crippen LogP contribution in [0.5, 0.6) is 0 Å². The second-order valence-corrected chi connectivity index (χ2v) is 3.68. The molecule has 2 aromatic rings. The van der Waals surface area contributed by atoms with Gasteiger partial charge in [0.25, 0.3) is 5.69 Å². The number of carbonyl (C=O) groups is 1. The molecule has 0 atom stereocenters. The quantitative estimate of drug-likeness (QED) is 0.604. The van der Waals surface area contributed by atoms with Crippen molar-refractivity contribution in [3.8, 4) is 11.3 Å². The van der Waals surface area contributed by atoms with Crippen LogP contribution in [0.15, 0.2) is 34.7 Å². The molecule has 18 heavy (non-hydrogen) atoms. The molecule has 0 aliphatic rings. The molecule has 6 nitrogen and oxygen atoms in total. The van der Waals surface area contributed by atoms with Crippen molar-refractivity contribution in [1.82, 2.24) is 0 Å². The molecule has 1 heterocycles. The fourth-order valence-corrected chi connectivity index (χ4v) is 1.60. The van der Waals surface area contributed by atoms with Crippen molar-refractivity contribution in [3.63, 3.8) is 0 Å². The van der Waals surface area contributed by atoms with Crippen molar-refractivity contribution in [2.24, 2.45) is 0 Å². The normalized spacial score (nSPS) is 10.3. The van der Waals surface area contributed by atoms with Gasteiger partial charge >= 0.3 is 0 Å². The highest BCUT2D eigenvalue weighted by molar-refractivity contribution is 5.88. The number of aryl methyl sites for hydroxylation is 1. The molecule has 6 heteroatoms. The number of aromatic carboxylic acids is 1. The number of hydrogen-bond donors (Lipinski definition) is 0. The highest BCUT2D eigenvalue weighted by Gasteiger charge is 2.13. The highest BCUT2D eigenvalue weighted by atomic mass is 16.6. The largest absolute Gasteiger partial charge is 0.545 e. The molecule has 0 amide bonds. The Balaban J connectivity index is 2.49. The van der Waals surface area contributed by atoms with Crippen LogP contribution < -0.4 is 5.11 Å². The number of rotatable bonds is 3. The first-order chi connectivity index (χ1) is 8.49. The number of nitro benzene ring substituents is 1. The van der Waals surface area contributed by atoms with E-state index in [0.29, 0.717) is 5.56 Å². The number of carbonyl (C=O) groups excluding carboxylic acids is 1. The summed E-state index contributed by atoms with van der Waals surface area (Å²) in [6.07, 6.45) is 0. The maximum absolute atomic E-state index is 10.8. The van der Waals surface area contributed by atoms with Crippen LogP contribution in [0.3, 0.4) is 0 Å². The lowest BCUT2D eigenvalue weighted by atomic mass is 10.1. The summed E-state index contributed by atoms with van der Waals surface area (Å²) in [5.74, 6) is -0.875. The summed E-state index contributed by atoms with van der Waals surface area (Å²) in [5, 5.41) is 21.4. The lowest BCUT2D eigenvalue weighted by Gasteiger charge is -1.96. The highest BCUT2D eigenvalue weighted by Crippen LogP contribution is 2.27. The van der Waals surface area contributed by atoms with Crippen LogP contribution in [-0.4, -0.2) is 10.9 Å². The molecular formula is C12H8NO5-. The zero-order valence-corrected chi connectivity index (χ0v) is 9.38. The third-order valence-electron chi connectivity index (χ3n) is 2.48. The van der Waals surface area contributed by atoms with E-state index < -0.39 is 10.9 Å². The summed E-state index contributed by atoms with van der Waals surface area (Å²) in [6, 6.07) is 7.06. The van der Waals surface area contributed by atoms with Gasteiger partial charge in [0.1, 0.15) is 11.5 Å². The van der Waals surface area contributed by atoms with Crippen LogP contribution in [0.2, 0.25) is 0 Å². The van der Waals surface area contributed by atoms with Crippen LogP contribution >= 0.6 is 0 Å². The van der Waals surface area contributed by atoms with Crippen molar-refractivity contribution >= 4 is 11.7 Å². The van der Waals surface area contributed by atoms with E-state index in [-0.39, 0.29) is 22.8 Å². The van der Waals surface area contributed by atoms with E-state index >= 15 is 0 Å². The Kier molecular flexibility index (Phi) is 2.85. The topological polar surface area (TPSA) is 96.4 Å². The molecule has 0 bridgehead atoms. The van der Waals surface area contributed by atoms with Gasteiger partial charge in [0.05, 0.1) is 10.9 Å².